The highest BCUT2D eigenvalue weighted by Crippen LogP contribution is 2.23. The minimum atomic E-state index is -0.194. The molecule has 0 aliphatic carbocycles. The molecule has 1 N–H and O–H groups in total. The summed E-state index contributed by atoms with van der Waals surface area (Å²) in [5.74, 6) is 2.83. The molecule has 8 heteroatoms. The third-order valence-corrected chi connectivity index (χ3v) is 4.79. The number of amides is 1. The van der Waals surface area contributed by atoms with Crippen molar-refractivity contribution in [3.8, 4) is 23.2 Å². The zero-order chi connectivity index (χ0) is 23.0. The van der Waals surface area contributed by atoms with Crippen LogP contribution < -0.4 is 14.8 Å². The first-order valence-corrected chi connectivity index (χ1v) is 10.8. The molecular formula is C25H25N5O3. The number of aromatic nitrogens is 4. The fourth-order valence-electron chi connectivity index (χ4n) is 3.07. The van der Waals surface area contributed by atoms with Crippen LogP contribution in [-0.4, -0.2) is 32.0 Å². The summed E-state index contributed by atoms with van der Waals surface area (Å²) in [5, 5.41) is 2.89. The molecular weight excluding hydrogens is 418 g/mol. The van der Waals surface area contributed by atoms with Crippen molar-refractivity contribution in [3.63, 3.8) is 0 Å². The number of rotatable bonds is 9. The normalized spacial score (nSPS) is 10.6. The SMILES string of the molecule is CCCCOc1ccc(C(=O)Nc2ccc(Oc3cc(-n4ccnc4)nc(C)n3)cc2)cc1. The maximum atomic E-state index is 12.5. The molecule has 0 aliphatic rings. The van der Waals surface area contributed by atoms with Gasteiger partial charge in [0.05, 0.1) is 6.61 Å². The number of anilines is 1. The molecule has 0 spiro atoms. The fraction of sp³-hybridized carbons (Fsp3) is 0.200. The van der Waals surface area contributed by atoms with Crippen molar-refractivity contribution < 1.29 is 14.3 Å². The van der Waals surface area contributed by atoms with E-state index in [1.807, 2.05) is 12.1 Å². The van der Waals surface area contributed by atoms with Crippen LogP contribution in [0, 0.1) is 6.92 Å². The van der Waals surface area contributed by atoms with Gasteiger partial charge in [0.15, 0.2) is 0 Å². The number of imidazole rings is 1. The first-order chi connectivity index (χ1) is 16.1. The number of hydrogen-bond donors (Lipinski definition) is 1. The van der Waals surface area contributed by atoms with E-state index >= 15 is 0 Å². The molecule has 2 aromatic heterocycles. The van der Waals surface area contributed by atoms with E-state index in [0.29, 0.717) is 41.1 Å². The largest absolute Gasteiger partial charge is 0.494 e. The first-order valence-electron chi connectivity index (χ1n) is 10.8. The smallest absolute Gasteiger partial charge is 0.255 e. The minimum absolute atomic E-state index is 0.194. The third kappa shape index (κ3) is 5.94. The number of aryl methyl sites for hydroxylation is 1. The van der Waals surface area contributed by atoms with Gasteiger partial charge in [-0.25, -0.2) is 9.97 Å². The van der Waals surface area contributed by atoms with Gasteiger partial charge in [-0.2, -0.15) is 4.98 Å². The van der Waals surface area contributed by atoms with Gasteiger partial charge in [0, 0.05) is 29.7 Å². The van der Waals surface area contributed by atoms with E-state index in [9.17, 15) is 4.79 Å². The Morgan fingerprint density at radius 1 is 1.03 bits per heavy atom. The molecule has 0 fully saturated rings. The van der Waals surface area contributed by atoms with E-state index in [4.69, 9.17) is 9.47 Å². The quantitative estimate of drug-likeness (QED) is 0.358. The van der Waals surface area contributed by atoms with Crippen molar-refractivity contribution in [1.82, 2.24) is 19.5 Å². The molecule has 0 unspecified atom stereocenters. The van der Waals surface area contributed by atoms with Crippen LogP contribution in [-0.2, 0) is 0 Å². The van der Waals surface area contributed by atoms with Gasteiger partial charge in [0.2, 0.25) is 5.88 Å². The van der Waals surface area contributed by atoms with Crippen LogP contribution in [0.15, 0.2) is 73.3 Å². The molecule has 0 saturated heterocycles. The minimum Gasteiger partial charge on any atom is -0.494 e. The van der Waals surface area contributed by atoms with Gasteiger partial charge in [0.1, 0.15) is 29.5 Å². The summed E-state index contributed by atoms with van der Waals surface area (Å²) in [6.07, 6.45) is 7.23. The molecule has 8 nitrogen and oxygen atoms in total. The molecule has 0 bridgehead atoms. The second kappa shape index (κ2) is 10.4. The van der Waals surface area contributed by atoms with Crippen LogP contribution >= 0.6 is 0 Å². The molecule has 1 amide bonds. The van der Waals surface area contributed by atoms with E-state index in [2.05, 4.69) is 27.2 Å². The standard InChI is InChI=1S/C25H25N5O3/c1-3-4-15-32-21-9-5-19(6-10-21)25(31)29-20-7-11-22(12-8-20)33-24-16-23(27-18(2)28-24)30-14-13-26-17-30/h5-14,16-17H,3-4,15H2,1-2H3,(H,29,31). The van der Waals surface area contributed by atoms with Crippen molar-refractivity contribution >= 4 is 11.6 Å². The molecule has 2 heterocycles. The lowest BCUT2D eigenvalue weighted by molar-refractivity contribution is 0.102. The van der Waals surface area contributed by atoms with Crippen LogP contribution in [0.4, 0.5) is 5.69 Å². The summed E-state index contributed by atoms with van der Waals surface area (Å²) in [6.45, 7) is 4.59. The van der Waals surface area contributed by atoms with Crippen molar-refractivity contribution in [2.24, 2.45) is 0 Å². The molecule has 0 aliphatic heterocycles. The number of nitrogens with zero attached hydrogens (tertiary/aromatic N) is 4. The van der Waals surface area contributed by atoms with E-state index in [1.54, 1.807) is 72.7 Å². The molecule has 0 radical (unpaired) electrons. The van der Waals surface area contributed by atoms with Crippen molar-refractivity contribution in [2.45, 2.75) is 26.7 Å². The predicted molar refractivity (Wildman–Crippen MR) is 125 cm³/mol. The summed E-state index contributed by atoms with van der Waals surface area (Å²) >= 11 is 0. The van der Waals surface area contributed by atoms with Crippen LogP contribution in [0.25, 0.3) is 5.82 Å². The molecule has 168 valence electrons. The summed E-state index contributed by atoms with van der Waals surface area (Å²) in [7, 11) is 0. The van der Waals surface area contributed by atoms with E-state index < -0.39 is 0 Å². The van der Waals surface area contributed by atoms with Gasteiger partial charge < -0.3 is 14.8 Å². The Hall–Kier alpha value is -4.20. The molecule has 33 heavy (non-hydrogen) atoms. The lowest BCUT2D eigenvalue weighted by Crippen LogP contribution is -2.11. The summed E-state index contributed by atoms with van der Waals surface area (Å²) in [4.78, 5) is 25.3. The monoisotopic (exact) mass is 443 g/mol. The Morgan fingerprint density at radius 3 is 2.48 bits per heavy atom. The van der Waals surface area contributed by atoms with Crippen molar-refractivity contribution in [1.29, 1.82) is 0 Å². The number of nitrogens with one attached hydrogen (secondary N) is 1. The fourth-order valence-corrected chi connectivity index (χ4v) is 3.07. The summed E-state index contributed by atoms with van der Waals surface area (Å²) in [6, 6.07) is 16.0. The number of carbonyl (C=O) groups excluding carboxylic acids is 1. The number of benzene rings is 2. The highest BCUT2D eigenvalue weighted by Gasteiger charge is 2.09. The maximum absolute atomic E-state index is 12.5. The second-order valence-electron chi connectivity index (χ2n) is 7.39. The highest BCUT2D eigenvalue weighted by molar-refractivity contribution is 6.04. The highest BCUT2D eigenvalue weighted by atomic mass is 16.5. The summed E-state index contributed by atoms with van der Waals surface area (Å²) < 4.78 is 13.3. The number of carbonyl (C=O) groups is 1. The Bertz CT molecular complexity index is 1190. The maximum Gasteiger partial charge on any atom is 0.255 e. The lowest BCUT2D eigenvalue weighted by Gasteiger charge is -2.10. The molecule has 2 aromatic carbocycles. The predicted octanol–water partition coefficient (Wildman–Crippen LogP) is 5.19. The number of hydrogen-bond acceptors (Lipinski definition) is 6. The molecule has 0 atom stereocenters. The van der Waals surface area contributed by atoms with E-state index in [-0.39, 0.29) is 5.91 Å². The Balaban J connectivity index is 1.37. The van der Waals surface area contributed by atoms with E-state index in [1.165, 1.54) is 0 Å². The van der Waals surface area contributed by atoms with Gasteiger partial charge in [-0.15, -0.1) is 0 Å². The molecule has 0 saturated carbocycles. The Morgan fingerprint density at radius 2 is 1.79 bits per heavy atom. The average Bonchev–Trinajstić information content (AvgIpc) is 3.36. The zero-order valence-electron chi connectivity index (χ0n) is 18.6. The van der Waals surface area contributed by atoms with Crippen LogP contribution in [0.5, 0.6) is 17.4 Å². The van der Waals surface area contributed by atoms with Gasteiger partial charge in [-0.3, -0.25) is 9.36 Å². The summed E-state index contributed by atoms with van der Waals surface area (Å²) in [5.41, 5.74) is 1.22. The number of ether oxygens (including phenoxy) is 2. The zero-order valence-corrected chi connectivity index (χ0v) is 18.6. The van der Waals surface area contributed by atoms with Gasteiger partial charge >= 0.3 is 0 Å². The first kappa shape index (κ1) is 22.0. The Kier molecular flexibility index (Phi) is 6.94. The topological polar surface area (TPSA) is 91.2 Å². The number of unbranched alkanes of at least 4 members (excludes halogenated alkanes) is 1. The van der Waals surface area contributed by atoms with E-state index in [0.717, 1.165) is 18.6 Å². The van der Waals surface area contributed by atoms with Gasteiger partial charge in [0.25, 0.3) is 5.91 Å². The third-order valence-electron chi connectivity index (χ3n) is 4.79. The van der Waals surface area contributed by atoms with Crippen LogP contribution in [0.2, 0.25) is 0 Å². The second-order valence-corrected chi connectivity index (χ2v) is 7.39. The molecule has 4 aromatic rings. The van der Waals surface area contributed by atoms with Gasteiger partial charge in [-0.05, 0) is 61.9 Å². The van der Waals surface area contributed by atoms with Crippen LogP contribution in [0.1, 0.15) is 35.9 Å². The Labute approximate surface area is 192 Å². The van der Waals surface area contributed by atoms with Gasteiger partial charge in [-0.1, -0.05) is 13.3 Å². The van der Waals surface area contributed by atoms with Crippen molar-refractivity contribution in [2.75, 3.05) is 11.9 Å². The average molecular weight is 444 g/mol. The lowest BCUT2D eigenvalue weighted by atomic mass is 10.2. The van der Waals surface area contributed by atoms with Crippen LogP contribution in [0.3, 0.4) is 0 Å². The van der Waals surface area contributed by atoms with Crippen molar-refractivity contribution in [3.05, 3.63) is 84.7 Å². The molecule has 4 rings (SSSR count).